The lowest BCUT2D eigenvalue weighted by molar-refractivity contribution is 0.432. The van der Waals surface area contributed by atoms with E-state index in [0.717, 1.165) is 22.4 Å². The molecule has 0 aliphatic heterocycles. The van der Waals surface area contributed by atoms with Gasteiger partial charge in [-0.2, -0.15) is 4.98 Å². The monoisotopic (exact) mass is 283 g/mol. The van der Waals surface area contributed by atoms with Gasteiger partial charge < -0.3 is 9.84 Å². The molecule has 1 heterocycles. The molecule has 4 nitrogen and oxygen atoms in total. The average molecular weight is 283 g/mol. The van der Waals surface area contributed by atoms with E-state index in [-0.39, 0.29) is 5.82 Å². The van der Waals surface area contributed by atoms with Crippen LogP contribution >= 0.6 is 0 Å². The second-order valence-electron chi connectivity index (χ2n) is 4.71. The Balaban J connectivity index is 1.95. The van der Waals surface area contributed by atoms with Crippen molar-refractivity contribution >= 4 is 5.69 Å². The summed E-state index contributed by atoms with van der Waals surface area (Å²) in [7, 11) is 1.86. The maximum Gasteiger partial charge on any atom is 0.258 e. The lowest BCUT2D eigenvalue weighted by Crippen LogP contribution is -1.88. The van der Waals surface area contributed by atoms with E-state index in [2.05, 4.69) is 15.5 Å². The van der Waals surface area contributed by atoms with E-state index in [1.165, 1.54) is 12.1 Å². The fourth-order valence-corrected chi connectivity index (χ4v) is 2.11. The number of aromatic nitrogens is 2. The number of benzene rings is 2. The maximum atomic E-state index is 13.1. The van der Waals surface area contributed by atoms with E-state index in [4.69, 9.17) is 4.52 Å². The van der Waals surface area contributed by atoms with Crippen LogP contribution in [0.5, 0.6) is 0 Å². The quantitative estimate of drug-likeness (QED) is 0.792. The Hall–Kier alpha value is -2.69. The van der Waals surface area contributed by atoms with E-state index in [1.807, 2.05) is 38.2 Å². The van der Waals surface area contributed by atoms with Crippen molar-refractivity contribution in [1.82, 2.24) is 10.1 Å². The van der Waals surface area contributed by atoms with Gasteiger partial charge in [0.15, 0.2) is 0 Å². The molecule has 0 saturated heterocycles. The summed E-state index contributed by atoms with van der Waals surface area (Å²) in [6.45, 7) is 1.82. The smallest absolute Gasteiger partial charge is 0.258 e. The molecule has 0 aliphatic rings. The molecule has 21 heavy (non-hydrogen) atoms. The molecule has 0 atom stereocenters. The normalized spacial score (nSPS) is 10.6. The highest BCUT2D eigenvalue weighted by Gasteiger charge is 2.12. The average Bonchev–Trinajstić information content (AvgIpc) is 2.97. The third-order valence-electron chi connectivity index (χ3n) is 3.28. The van der Waals surface area contributed by atoms with E-state index in [9.17, 15) is 4.39 Å². The highest BCUT2D eigenvalue weighted by Crippen LogP contribution is 2.25. The van der Waals surface area contributed by atoms with Gasteiger partial charge in [0.25, 0.3) is 5.89 Å². The first-order valence-electron chi connectivity index (χ1n) is 6.56. The van der Waals surface area contributed by atoms with Crippen LogP contribution < -0.4 is 5.32 Å². The molecule has 2 aromatic carbocycles. The van der Waals surface area contributed by atoms with Gasteiger partial charge in [-0.05, 0) is 55.0 Å². The van der Waals surface area contributed by atoms with Gasteiger partial charge in [-0.1, -0.05) is 5.16 Å². The molecule has 5 heteroatoms. The van der Waals surface area contributed by atoms with Gasteiger partial charge in [-0.15, -0.1) is 0 Å². The van der Waals surface area contributed by atoms with E-state index in [1.54, 1.807) is 6.07 Å². The molecule has 3 rings (SSSR count). The number of hydrogen-bond acceptors (Lipinski definition) is 4. The first-order valence-corrected chi connectivity index (χ1v) is 6.56. The number of anilines is 1. The zero-order chi connectivity index (χ0) is 14.8. The van der Waals surface area contributed by atoms with Gasteiger partial charge in [0, 0.05) is 23.9 Å². The van der Waals surface area contributed by atoms with E-state index in [0.29, 0.717) is 11.7 Å². The predicted octanol–water partition coefficient (Wildman–Crippen LogP) is 3.89. The summed E-state index contributed by atoms with van der Waals surface area (Å²) in [6, 6.07) is 12.2. The van der Waals surface area contributed by atoms with Gasteiger partial charge >= 0.3 is 0 Å². The summed E-state index contributed by atoms with van der Waals surface area (Å²) in [5, 5.41) is 7.02. The number of halogens is 1. The molecule has 0 radical (unpaired) electrons. The number of nitrogens with zero attached hydrogens (tertiary/aromatic N) is 2. The molecule has 0 saturated carbocycles. The van der Waals surface area contributed by atoms with Crippen LogP contribution in [0.4, 0.5) is 10.1 Å². The molecule has 0 unspecified atom stereocenters. The van der Waals surface area contributed by atoms with Gasteiger partial charge in [0.1, 0.15) is 5.82 Å². The van der Waals surface area contributed by atoms with Crippen LogP contribution in [0.15, 0.2) is 47.0 Å². The summed E-state index contributed by atoms with van der Waals surface area (Å²) in [4.78, 5) is 4.38. The lowest BCUT2D eigenvalue weighted by atomic mass is 10.1. The van der Waals surface area contributed by atoms with Crippen molar-refractivity contribution in [3.63, 3.8) is 0 Å². The molecule has 0 amide bonds. The topological polar surface area (TPSA) is 51.0 Å². The Kier molecular flexibility index (Phi) is 3.39. The van der Waals surface area contributed by atoms with Crippen LogP contribution in [-0.4, -0.2) is 17.2 Å². The SMILES string of the molecule is CNc1ccc(-c2nc(-c3ccc(F)cc3C)no2)cc1. The second kappa shape index (κ2) is 5.36. The molecule has 3 aromatic rings. The first-order chi connectivity index (χ1) is 10.2. The molecule has 0 aliphatic carbocycles. The van der Waals surface area contributed by atoms with E-state index < -0.39 is 0 Å². The molecule has 106 valence electrons. The van der Waals surface area contributed by atoms with Crippen molar-refractivity contribution in [3.8, 4) is 22.8 Å². The minimum atomic E-state index is -0.275. The van der Waals surface area contributed by atoms with Crippen LogP contribution in [0.3, 0.4) is 0 Å². The second-order valence-corrected chi connectivity index (χ2v) is 4.71. The first kappa shape index (κ1) is 13.3. The molecule has 1 N–H and O–H groups in total. The van der Waals surface area contributed by atoms with Crippen molar-refractivity contribution in [3.05, 3.63) is 53.8 Å². The minimum absolute atomic E-state index is 0.275. The summed E-state index contributed by atoms with van der Waals surface area (Å²) >= 11 is 0. The van der Waals surface area contributed by atoms with Crippen molar-refractivity contribution in [1.29, 1.82) is 0 Å². The van der Waals surface area contributed by atoms with Crippen LogP contribution in [0.1, 0.15) is 5.56 Å². The molecule has 0 spiro atoms. The largest absolute Gasteiger partial charge is 0.388 e. The predicted molar refractivity (Wildman–Crippen MR) is 79.4 cm³/mol. The zero-order valence-corrected chi connectivity index (χ0v) is 11.7. The standard InChI is InChI=1S/C16H14FN3O/c1-10-9-12(17)5-8-14(10)15-19-16(21-20-15)11-3-6-13(18-2)7-4-11/h3-9,18H,1-2H3. The fourth-order valence-electron chi connectivity index (χ4n) is 2.11. The third kappa shape index (κ3) is 2.63. The highest BCUT2D eigenvalue weighted by molar-refractivity contribution is 5.64. The van der Waals surface area contributed by atoms with Crippen molar-refractivity contribution in [2.24, 2.45) is 0 Å². The van der Waals surface area contributed by atoms with Crippen LogP contribution in [0.2, 0.25) is 0 Å². The molecule has 0 fully saturated rings. The van der Waals surface area contributed by atoms with Crippen molar-refractivity contribution in [2.45, 2.75) is 6.92 Å². The lowest BCUT2D eigenvalue weighted by Gasteiger charge is -2.00. The van der Waals surface area contributed by atoms with Gasteiger partial charge in [0.2, 0.25) is 5.82 Å². The van der Waals surface area contributed by atoms with Gasteiger partial charge in [-0.3, -0.25) is 0 Å². The van der Waals surface area contributed by atoms with E-state index >= 15 is 0 Å². The minimum Gasteiger partial charge on any atom is -0.388 e. The number of hydrogen-bond donors (Lipinski definition) is 1. The molecule has 1 aromatic heterocycles. The summed E-state index contributed by atoms with van der Waals surface area (Å²) < 4.78 is 18.4. The summed E-state index contributed by atoms with van der Waals surface area (Å²) in [5.41, 5.74) is 3.38. The number of aryl methyl sites for hydroxylation is 1. The fraction of sp³-hybridized carbons (Fsp3) is 0.125. The Morgan fingerprint density at radius 3 is 2.52 bits per heavy atom. The Morgan fingerprint density at radius 1 is 1.10 bits per heavy atom. The number of rotatable bonds is 3. The highest BCUT2D eigenvalue weighted by atomic mass is 19.1. The number of nitrogens with one attached hydrogen (secondary N) is 1. The molecule has 0 bridgehead atoms. The Morgan fingerprint density at radius 2 is 1.86 bits per heavy atom. The van der Waals surface area contributed by atoms with Crippen LogP contribution in [0, 0.1) is 12.7 Å². The maximum absolute atomic E-state index is 13.1. The summed E-state index contributed by atoms with van der Waals surface area (Å²) in [5.74, 6) is 0.624. The summed E-state index contributed by atoms with van der Waals surface area (Å²) in [6.07, 6.45) is 0. The Labute approximate surface area is 121 Å². The molecular formula is C16H14FN3O. The van der Waals surface area contributed by atoms with Crippen molar-refractivity contribution < 1.29 is 8.91 Å². The zero-order valence-electron chi connectivity index (χ0n) is 11.7. The van der Waals surface area contributed by atoms with Crippen LogP contribution in [0.25, 0.3) is 22.8 Å². The van der Waals surface area contributed by atoms with Gasteiger partial charge in [0.05, 0.1) is 0 Å². The Bertz CT molecular complexity index is 765. The third-order valence-corrected chi connectivity index (χ3v) is 3.28. The van der Waals surface area contributed by atoms with Crippen molar-refractivity contribution in [2.75, 3.05) is 12.4 Å². The van der Waals surface area contributed by atoms with Crippen LogP contribution in [-0.2, 0) is 0 Å². The molecular weight excluding hydrogens is 269 g/mol. The van der Waals surface area contributed by atoms with Gasteiger partial charge in [-0.25, -0.2) is 4.39 Å².